The largest absolute Gasteiger partial charge is 0.433 e. The van der Waals surface area contributed by atoms with E-state index in [1.54, 1.807) is 17.0 Å². The van der Waals surface area contributed by atoms with E-state index in [0.29, 0.717) is 12.4 Å². The van der Waals surface area contributed by atoms with Gasteiger partial charge in [0.25, 0.3) is 0 Å². The zero-order valence-electron chi connectivity index (χ0n) is 14.4. The maximum absolute atomic E-state index is 11.8. The molecule has 0 saturated carbocycles. The van der Waals surface area contributed by atoms with Gasteiger partial charge >= 0.3 is 5.97 Å². The van der Waals surface area contributed by atoms with E-state index in [9.17, 15) is 20.1 Å². The Labute approximate surface area is 164 Å². The summed E-state index contributed by atoms with van der Waals surface area (Å²) in [5.74, 6) is 0.0260. The number of aromatic nitrogens is 1. The van der Waals surface area contributed by atoms with Crippen LogP contribution in [0.4, 0.5) is 0 Å². The average Bonchev–Trinajstić information content (AvgIpc) is 2.68. The van der Waals surface area contributed by atoms with E-state index in [1.807, 2.05) is 18.2 Å². The van der Waals surface area contributed by atoms with Crippen molar-refractivity contribution in [2.24, 2.45) is 0 Å². The Morgan fingerprint density at radius 1 is 1.19 bits per heavy atom. The minimum atomic E-state index is -1.60. The normalized spacial score (nSPS) is 28.1. The second-order valence-corrected chi connectivity index (χ2v) is 8.06. The van der Waals surface area contributed by atoms with Crippen molar-refractivity contribution in [3.8, 4) is 0 Å². The van der Waals surface area contributed by atoms with Crippen molar-refractivity contribution in [3.05, 3.63) is 24.4 Å². The maximum atomic E-state index is 11.8. The fourth-order valence-electron chi connectivity index (χ4n) is 2.20. The lowest BCUT2D eigenvalue weighted by Crippen LogP contribution is -2.59. The first kappa shape index (κ1) is 22.4. The number of aliphatic hydroxyl groups is 4. The lowest BCUT2D eigenvalue weighted by molar-refractivity contribution is -0.292. The predicted molar refractivity (Wildman–Crippen MR) is 97.8 cm³/mol. The Bertz CT molecular complexity index is 565. The van der Waals surface area contributed by atoms with Crippen molar-refractivity contribution in [1.82, 2.24) is 4.98 Å². The summed E-state index contributed by atoms with van der Waals surface area (Å²) >= 11 is 0. The van der Waals surface area contributed by atoms with Crippen LogP contribution >= 0.6 is 21.6 Å². The highest BCUT2D eigenvalue weighted by Crippen LogP contribution is 2.28. The van der Waals surface area contributed by atoms with Crippen molar-refractivity contribution in [2.75, 3.05) is 25.6 Å². The Hall–Kier alpha value is -0.920. The smallest absolute Gasteiger partial charge is 0.310 e. The van der Waals surface area contributed by atoms with Crippen LogP contribution in [-0.2, 0) is 19.0 Å². The molecule has 1 fully saturated rings. The molecule has 4 N–H and O–H groups in total. The molecule has 1 aromatic heterocycles. The molecular formula is C16H23NO8S2. The molecule has 1 aliphatic heterocycles. The van der Waals surface area contributed by atoms with Gasteiger partial charge in [0.15, 0.2) is 0 Å². The summed E-state index contributed by atoms with van der Waals surface area (Å²) in [5.41, 5.74) is 0. The molecule has 0 aliphatic carbocycles. The first-order valence-electron chi connectivity index (χ1n) is 8.31. The fraction of sp³-hybridized carbons (Fsp3) is 0.625. The van der Waals surface area contributed by atoms with Crippen LogP contribution in [0, 0.1) is 0 Å². The third-order valence-corrected chi connectivity index (χ3v) is 5.87. The number of nitrogens with zero attached hydrogens (tertiary/aromatic N) is 1. The molecule has 27 heavy (non-hydrogen) atoms. The molecule has 0 spiro atoms. The summed E-state index contributed by atoms with van der Waals surface area (Å²) in [6, 6.07) is 5.67. The fourth-order valence-corrected chi connectivity index (χ4v) is 3.94. The number of ether oxygens (including phenoxy) is 3. The summed E-state index contributed by atoms with van der Waals surface area (Å²) in [6.45, 7) is -0.0147. The molecule has 1 saturated heterocycles. The van der Waals surface area contributed by atoms with Gasteiger partial charge < -0.3 is 34.6 Å². The Morgan fingerprint density at radius 3 is 2.70 bits per heavy atom. The van der Waals surface area contributed by atoms with Gasteiger partial charge in [-0.1, -0.05) is 16.9 Å². The van der Waals surface area contributed by atoms with E-state index in [2.05, 4.69) is 4.98 Å². The Kier molecular flexibility index (Phi) is 9.79. The van der Waals surface area contributed by atoms with Gasteiger partial charge in [0.05, 0.1) is 26.2 Å². The zero-order valence-corrected chi connectivity index (χ0v) is 16.1. The van der Waals surface area contributed by atoms with Crippen LogP contribution < -0.4 is 0 Å². The van der Waals surface area contributed by atoms with Crippen LogP contribution in [0.5, 0.6) is 0 Å². The SMILES string of the molecule is O=C(CCOCCSSc1ccccn1)OC1OC(CO)C(O)C(O)C1O. The molecule has 152 valence electrons. The molecule has 11 heteroatoms. The highest BCUT2D eigenvalue weighted by atomic mass is 33.1. The van der Waals surface area contributed by atoms with Crippen molar-refractivity contribution >= 4 is 27.6 Å². The number of carbonyl (C=O) groups excluding carboxylic acids is 1. The molecule has 0 radical (unpaired) electrons. The van der Waals surface area contributed by atoms with Crippen molar-refractivity contribution in [1.29, 1.82) is 0 Å². The van der Waals surface area contributed by atoms with Gasteiger partial charge in [-0.05, 0) is 22.9 Å². The second kappa shape index (κ2) is 11.8. The second-order valence-electron chi connectivity index (χ2n) is 5.62. The van der Waals surface area contributed by atoms with Crippen LogP contribution in [-0.4, -0.2) is 87.7 Å². The van der Waals surface area contributed by atoms with Crippen LogP contribution in [0.2, 0.25) is 0 Å². The van der Waals surface area contributed by atoms with Gasteiger partial charge in [0, 0.05) is 11.9 Å². The lowest BCUT2D eigenvalue weighted by atomic mass is 9.99. The van der Waals surface area contributed by atoms with E-state index in [-0.39, 0.29) is 13.0 Å². The number of esters is 1. The van der Waals surface area contributed by atoms with E-state index >= 15 is 0 Å². The molecule has 2 rings (SSSR count). The highest BCUT2D eigenvalue weighted by Gasteiger charge is 2.45. The highest BCUT2D eigenvalue weighted by molar-refractivity contribution is 8.76. The molecule has 0 bridgehead atoms. The number of pyridine rings is 1. The summed E-state index contributed by atoms with van der Waals surface area (Å²) in [4.78, 5) is 16.0. The van der Waals surface area contributed by atoms with Crippen LogP contribution in [0.15, 0.2) is 29.4 Å². The van der Waals surface area contributed by atoms with Crippen molar-refractivity contribution in [3.63, 3.8) is 0 Å². The van der Waals surface area contributed by atoms with E-state index in [4.69, 9.17) is 19.3 Å². The zero-order chi connectivity index (χ0) is 19.6. The van der Waals surface area contributed by atoms with Crippen LogP contribution in [0.1, 0.15) is 6.42 Å². The average molecular weight is 421 g/mol. The standard InChI is InChI=1S/C16H23NO8S2/c18-9-10-13(20)14(21)15(22)16(24-10)25-12(19)4-6-23-7-8-26-27-11-3-1-2-5-17-11/h1-3,5,10,13-16,18,20-22H,4,6-9H2. The van der Waals surface area contributed by atoms with Gasteiger partial charge in [0.2, 0.25) is 6.29 Å². The first-order chi connectivity index (χ1) is 13.0. The number of aliphatic hydroxyl groups excluding tert-OH is 4. The molecular weight excluding hydrogens is 398 g/mol. The molecule has 9 nitrogen and oxygen atoms in total. The minimum absolute atomic E-state index is 0.0624. The molecule has 1 aliphatic rings. The number of rotatable bonds is 10. The molecule has 0 aromatic carbocycles. The maximum Gasteiger partial charge on any atom is 0.310 e. The summed E-state index contributed by atoms with van der Waals surface area (Å²) in [5, 5.41) is 39.1. The lowest BCUT2D eigenvalue weighted by Gasteiger charge is -2.39. The van der Waals surface area contributed by atoms with Crippen molar-refractivity contribution in [2.45, 2.75) is 42.2 Å². The van der Waals surface area contributed by atoms with Crippen LogP contribution in [0.3, 0.4) is 0 Å². The van der Waals surface area contributed by atoms with Gasteiger partial charge in [-0.25, -0.2) is 4.98 Å². The molecule has 5 atom stereocenters. The van der Waals surface area contributed by atoms with Gasteiger partial charge in [0.1, 0.15) is 29.4 Å². The van der Waals surface area contributed by atoms with E-state index < -0.39 is 43.3 Å². The minimum Gasteiger partial charge on any atom is -0.433 e. The summed E-state index contributed by atoms with van der Waals surface area (Å²) in [6.07, 6.45) is -5.60. The Balaban J connectivity index is 1.57. The van der Waals surface area contributed by atoms with E-state index in [0.717, 1.165) is 5.03 Å². The van der Waals surface area contributed by atoms with Crippen LogP contribution in [0.25, 0.3) is 0 Å². The molecule has 0 amide bonds. The van der Waals surface area contributed by atoms with Crippen molar-refractivity contribution < 1.29 is 39.4 Å². The van der Waals surface area contributed by atoms with E-state index in [1.165, 1.54) is 10.8 Å². The third-order valence-electron chi connectivity index (χ3n) is 3.64. The first-order valence-corrected chi connectivity index (χ1v) is 10.6. The number of carbonyl (C=O) groups is 1. The third kappa shape index (κ3) is 7.20. The quantitative estimate of drug-likeness (QED) is 0.222. The van der Waals surface area contributed by atoms with Gasteiger partial charge in [-0.3, -0.25) is 4.79 Å². The summed E-state index contributed by atoms with van der Waals surface area (Å²) in [7, 11) is 3.12. The molecule has 5 unspecified atom stereocenters. The van der Waals surface area contributed by atoms with Gasteiger partial charge in [-0.15, -0.1) is 0 Å². The topological polar surface area (TPSA) is 139 Å². The predicted octanol–water partition coefficient (Wildman–Crippen LogP) is -0.428. The molecule has 2 heterocycles. The summed E-state index contributed by atoms with van der Waals surface area (Å²) < 4.78 is 15.4. The monoisotopic (exact) mass is 421 g/mol. The molecule has 1 aromatic rings. The number of hydrogen-bond acceptors (Lipinski definition) is 11. The van der Waals surface area contributed by atoms with Gasteiger partial charge in [-0.2, -0.15) is 0 Å². The Morgan fingerprint density at radius 2 is 2.00 bits per heavy atom. The number of hydrogen-bond donors (Lipinski definition) is 4.